The van der Waals surface area contributed by atoms with Gasteiger partial charge < -0.3 is 9.95 Å². The standard InChI is InChI=1S/C7H13NO/c1-7(2,3)6(5-9)8-4/h6,9H,5H2,1-3H3/t6-/m1/s1. The third-order valence-electron chi connectivity index (χ3n) is 1.33. The Kier molecular flexibility index (Phi) is 2.66. The summed E-state index contributed by atoms with van der Waals surface area (Å²) in [5.41, 5.74) is -0.0868. The molecule has 0 amide bonds. The summed E-state index contributed by atoms with van der Waals surface area (Å²) in [7, 11) is 0. The van der Waals surface area contributed by atoms with Crippen LogP contribution in [-0.4, -0.2) is 17.8 Å². The van der Waals surface area contributed by atoms with E-state index >= 15 is 0 Å². The smallest absolute Gasteiger partial charge is 0.251 e. The number of nitrogens with zero attached hydrogens (tertiary/aromatic N) is 1. The van der Waals surface area contributed by atoms with Gasteiger partial charge in [0.2, 0.25) is 0 Å². The van der Waals surface area contributed by atoms with E-state index in [0.717, 1.165) is 0 Å². The summed E-state index contributed by atoms with van der Waals surface area (Å²) in [6, 6.07) is -0.252. The van der Waals surface area contributed by atoms with Crippen LogP contribution in [0.15, 0.2) is 0 Å². The van der Waals surface area contributed by atoms with Crippen LogP contribution < -0.4 is 0 Å². The van der Waals surface area contributed by atoms with Crippen molar-refractivity contribution in [3.05, 3.63) is 11.4 Å². The number of aliphatic hydroxyl groups is 1. The molecule has 0 heterocycles. The van der Waals surface area contributed by atoms with Gasteiger partial charge in [-0.3, -0.25) is 0 Å². The van der Waals surface area contributed by atoms with Crippen LogP contribution in [0.25, 0.3) is 4.85 Å². The Morgan fingerprint density at radius 2 is 2.00 bits per heavy atom. The topological polar surface area (TPSA) is 24.6 Å². The van der Waals surface area contributed by atoms with Crippen molar-refractivity contribution in [3.8, 4) is 0 Å². The predicted molar refractivity (Wildman–Crippen MR) is 36.9 cm³/mol. The highest BCUT2D eigenvalue weighted by Crippen LogP contribution is 2.21. The van der Waals surface area contributed by atoms with Crippen molar-refractivity contribution in [1.29, 1.82) is 0 Å². The fourth-order valence-electron chi connectivity index (χ4n) is 0.508. The molecule has 1 atom stereocenters. The van der Waals surface area contributed by atoms with Crippen molar-refractivity contribution in [2.24, 2.45) is 5.41 Å². The quantitative estimate of drug-likeness (QED) is 0.528. The SMILES string of the molecule is [C-]#[N+][C@H](CO)C(C)(C)C. The van der Waals surface area contributed by atoms with Crippen LogP contribution in [0.4, 0.5) is 0 Å². The van der Waals surface area contributed by atoms with Crippen LogP contribution in [0.5, 0.6) is 0 Å². The minimum atomic E-state index is -0.252. The lowest BCUT2D eigenvalue weighted by molar-refractivity contribution is 0.212. The van der Waals surface area contributed by atoms with E-state index in [1.165, 1.54) is 0 Å². The van der Waals surface area contributed by atoms with Gasteiger partial charge in [-0.25, -0.2) is 6.57 Å². The van der Waals surface area contributed by atoms with Crippen molar-refractivity contribution in [2.45, 2.75) is 26.8 Å². The monoisotopic (exact) mass is 127 g/mol. The van der Waals surface area contributed by atoms with Crippen molar-refractivity contribution >= 4 is 0 Å². The molecule has 2 nitrogen and oxygen atoms in total. The molecule has 0 radical (unpaired) electrons. The summed E-state index contributed by atoms with van der Waals surface area (Å²) in [5, 5.41) is 8.65. The molecule has 0 rings (SSSR count). The Bertz CT molecular complexity index is 118. The Labute approximate surface area is 56.3 Å². The normalized spacial score (nSPS) is 14.6. The predicted octanol–water partition coefficient (Wildman–Crippen LogP) is 1.31. The molecule has 0 saturated carbocycles. The van der Waals surface area contributed by atoms with Gasteiger partial charge in [-0.2, -0.15) is 0 Å². The van der Waals surface area contributed by atoms with E-state index in [1.54, 1.807) is 0 Å². The maximum Gasteiger partial charge on any atom is 0.251 e. The van der Waals surface area contributed by atoms with E-state index in [0.29, 0.717) is 0 Å². The number of rotatable bonds is 1. The number of aliphatic hydroxyl groups excluding tert-OH is 1. The molecule has 0 aliphatic carbocycles. The zero-order chi connectivity index (χ0) is 7.49. The second-order valence-electron chi connectivity index (χ2n) is 3.19. The fraction of sp³-hybridized carbons (Fsp3) is 0.857. The fourth-order valence-corrected chi connectivity index (χ4v) is 0.508. The molecular weight excluding hydrogens is 114 g/mol. The van der Waals surface area contributed by atoms with Gasteiger partial charge in [-0.1, -0.05) is 20.8 Å². The maximum atomic E-state index is 8.65. The van der Waals surface area contributed by atoms with Gasteiger partial charge >= 0.3 is 0 Å². The molecule has 0 aromatic rings. The van der Waals surface area contributed by atoms with Crippen LogP contribution in [0.1, 0.15) is 20.8 Å². The van der Waals surface area contributed by atoms with Gasteiger partial charge in [0.15, 0.2) is 0 Å². The third-order valence-corrected chi connectivity index (χ3v) is 1.33. The summed E-state index contributed by atoms with van der Waals surface area (Å²) in [5.74, 6) is 0. The summed E-state index contributed by atoms with van der Waals surface area (Å²) < 4.78 is 0. The average molecular weight is 127 g/mol. The van der Waals surface area contributed by atoms with E-state index in [2.05, 4.69) is 4.85 Å². The summed E-state index contributed by atoms with van der Waals surface area (Å²) in [6.07, 6.45) is 0. The van der Waals surface area contributed by atoms with Crippen LogP contribution >= 0.6 is 0 Å². The van der Waals surface area contributed by atoms with Gasteiger partial charge in [-0.15, -0.1) is 0 Å². The van der Waals surface area contributed by atoms with E-state index in [1.807, 2.05) is 20.8 Å². The Morgan fingerprint density at radius 1 is 1.56 bits per heavy atom. The molecule has 1 N–H and O–H groups in total. The molecule has 2 heteroatoms. The van der Waals surface area contributed by atoms with Crippen molar-refractivity contribution in [2.75, 3.05) is 6.61 Å². The summed E-state index contributed by atoms with van der Waals surface area (Å²) in [4.78, 5) is 3.28. The van der Waals surface area contributed by atoms with Gasteiger partial charge in [0.05, 0.1) is 0 Å². The first kappa shape index (κ1) is 8.45. The average Bonchev–Trinajstić information content (AvgIpc) is 1.65. The van der Waals surface area contributed by atoms with E-state index in [-0.39, 0.29) is 18.1 Å². The number of hydrogen-bond acceptors (Lipinski definition) is 1. The Morgan fingerprint density at radius 3 is 2.00 bits per heavy atom. The zero-order valence-corrected chi connectivity index (χ0v) is 6.18. The second kappa shape index (κ2) is 2.84. The number of hydrogen-bond donors (Lipinski definition) is 1. The molecule has 9 heavy (non-hydrogen) atoms. The zero-order valence-electron chi connectivity index (χ0n) is 6.18. The lowest BCUT2D eigenvalue weighted by Gasteiger charge is -2.17. The Hall–Kier alpha value is -0.550. The maximum absolute atomic E-state index is 8.65. The van der Waals surface area contributed by atoms with E-state index in [4.69, 9.17) is 11.7 Å². The van der Waals surface area contributed by atoms with E-state index in [9.17, 15) is 0 Å². The van der Waals surface area contributed by atoms with Gasteiger partial charge in [0.1, 0.15) is 6.61 Å². The molecule has 52 valence electrons. The van der Waals surface area contributed by atoms with Gasteiger partial charge in [0, 0.05) is 5.41 Å². The summed E-state index contributed by atoms with van der Waals surface area (Å²) >= 11 is 0. The Balaban J connectivity index is 4.00. The molecule has 0 aliphatic rings. The molecule has 0 fully saturated rings. The van der Waals surface area contributed by atoms with Crippen LogP contribution in [-0.2, 0) is 0 Å². The lowest BCUT2D eigenvalue weighted by Crippen LogP contribution is -2.26. The first-order chi connectivity index (χ1) is 4.02. The molecule has 0 aliphatic heterocycles. The lowest BCUT2D eigenvalue weighted by atomic mass is 9.88. The highest BCUT2D eigenvalue weighted by molar-refractivity contribution is 4.88. The first-order valence-electron chi connectivity index (χ1n) is 2.99. The molecule has 0 saturated heterocycles. The molecule has 0 aromatic carbocycles. The molecule has 0 bridgehead atoms. The van der Waals surface area contributed by atoms with E-state index < -0.39 is 0 Å². The molecular formula is C7H13NO. The summed E-state index contributed by atoms with van der Waals surface area (Å²) in [6.45, 7) is 12.5. The minimum absolute atomic E-state index is 0.0347. The van der Waals surface area contributed by atoms with Crippen molar-refractivity contribution in [1.82, 2.24) is 0 Å². The highest BCUT2D eigenvalue weighted by Gasteiger charge is 2.28. The first-order valence-corrected chi connectivity index (χ1v) is 2.99. The second-order valence-corrected chi connectivity index (χ2v) is 3.19. The third kappa shape index (κ3) is 2.48. The van der Waals surface area contributed by atoms with Gasteiger partial charge in [0.25, 0.3) is 6.04 Å². The van der Waals surface area contributed by atoms with Crippen LogP contribution in [0, 0.1) is 12.0 Å². The molecule has 0 spiro atoms. The van der Waals surface area contributed by atoms with Gasteiger partial charge in [-0.05, 0) is 0 Å². The largest absolute Gasteiger partial charge is 0.388 e. The van der Waals surface area contributed by atoms with Crippen molar-refractivity contribution < 1.29 is 5.11 Å². The molecule has 0 unspecified atom stereocenters. The van der Waals surface area contributed by atoms with Crippen LogP contribution in [0.2, 0.25) is 0 Å². The van der Waals surface area contributed by atoms with Crippen LogP contribution in [0.3, 0.4) is 0 Å². The highest BCUT2D eigenvalue weighted by atomic mass is 16.3. The van der Waals surface area contributed by atoms with Crippen molar-refractivity contribution in [3.63, 3.8) is 0 Å². The molecule has 0 aromatic heterocycles. The minimum Gasteiger partial charge on any atom is -0.388 e.